The van der Waals surface area contributed by atoms with Gasteiger partial charge in [0.15, 0.2) is 5.96 Å². The van der Waals surface area contributed by atoms with Crippen molar-refractivity contribution < 1.29 is 39.6 Å². The van der Waals surface area contributed by atoms with Gasteiger partial charge in [-0.3, -0.25) is 24.2 Å². The zero-order chi connectivity index (χ0) is 19.7. The van der Waals surface area contributed by atoms with E-state index in [1.54, 1.807) is 0 Å². The van der Waals surface area contributed by atoms with Crippen LogP contribution in [0.2, 0.25) is 0 Å². The molecule has 0 spiro atoms. The molecule has 0 rings (SSSR count). The van der Waals surface area contributed by atoms with Crippen LogP contribution in [0.3, 0.4) is 0 Å². The normalized spacial score (nSPS) is 9.92. The lowest BCUT2D eigenvalue weighted by atomic mass is 10.2. The Balaban J connectivity index is -0.000000316. The second-order valence-corrected chi connectivity index (χ2v) is 4.20. The van der Waals surface area contributed by atoms with Crippen LogP contribution < -0.4 is 17.2 Å². The summed E-state index contributed by atoms with van der Waals surface area (Å²) >= 11 is 0. The Kier molecular flexibility index (Phi) is 17.9. The lowest BCUT2D eigenvalue weighted by Crippen LogP contribution is -2.30. The van der Waals surface area contributed by atoms with E-state index in [1.807, 2.05) is 0 Å². The van der Waals surface area contributed by atoms with E-state index < -0.39 is 29.9 Å². The lowest BCUT2D eigenvalue weighted by Gasteiger charge is -2.03. The first-order valence-electron chi connectivity index (χ1n) is 6.57. The summed E-state index contributed by atoms with van der Waals surface area (Å²) < 4.78 is 0. The molecule has 0 aliphatic carbocycles. The maximum absolute atomic E-state index is 10.2. The molecule has 0 amide bonds. The molecule has 0 fully saturated rings. The van der Waals surface area contributed by atoms with Crippen molar-refractivity contribution in [3.63, 3.8) is 0 Å². The molecule has 140 valence electrons. The number of aliphatic imine (C=N–C) groups is 1. The van der Waals surface area contributed by atoms with Gasteiger partial charge in [-0.25, -0.2) is 0 Å². The Hall–Kier alpha value is -2.89. The van der Waals surface area contributed by atoms with Gasteiger partial charge >= 0.3 is 17.9 Å². The number of aliphatic carboxylic acids is 4. The summed E-state index contributed by atoms with van der Waals surface area (Å²) in [7, 11) is 0. The van der Waals surface area contributed by atoms with Crippen LogP contribution in [0.5, 0.6) is 0 Å². The smallest absolute Gasteiger partial charge is 0.320 e. The quantitative estimate of drug-likeness (QED) is 0.150. The summed E-state index contributed by atoms with van der Waals surface area (Å²) in [4.78, 5) is 42.2. The molecule has 12 heteroatoms. The van der Waals surface area contributed by atoms with Gasteiger partial charge < -0.3 is 37.6 Å². The molecule has 0 aromatic carbocycles. The number of carboxylic acids is 4. The minimum absolute atomic E-state index is 0.0129. The zero-order valence-corrected chi connectivity index (χ0v) is 13.2. The molecule has 10 N–H and O–H groups in total. The predicted octanol–water partition coefficient (Wildman–Crippen LogP) is -1.52. The van der Waals surface area contributed by atoms with Crippen LogP contribution in [-0.2, 0) is 19.2 Å². The fraction of sp³-hybridized carbons (Fsp3) is 0.583. The molecular formula is C12H24N4O8. The molecule has 0 aliphatic heterocycles. The monoisotopic (exact) mass is 352 g/mol. The van der Waals surface area contributed by atoms with Crippen molar-refractivity contribution in [1.29, 1.82) is 0 Å². The summed E-state index contributed by atoms with van der Waals surface area (Å²) in [6.07, 6.45) is 0.363. The minimum Gasteiger partial charge on any atom is -0.481 e. The average molecular weight is 352 g/mol. The Morgan fingerprint density at radius 1 is 0.958 bits per heavy atom. The molecule has 0 saturated heterocycles. The number of carboxylic acid groups (broad SMARTS) is 4. The molecule has 0 aromatic heterocycles. The van der Waals surface area contributed by atoms with Gasteiger partial charge in [0.05, 0.1) is 12.8 Å². The van der Waals surface area contributed by atoms with Gasteiger partial charge in [0.25, 0.3) is 5.97 Å². The number of nitrogens with two attached hydrogens (primary N) is 3. The van der Waals surface area contributed by atoms with E-state index >= 15 is 0 Å². The molecule has 0 unspecified atom stereocenters. The highest BCUT2D eigenvalue weighted by atomic mass is 16.4. The molecule has 12 nitrogen and oxygen atoms in total. The topological polar surface area (TPSA) is 240 Å². The first kappa shape index (κ1) is 26.0. The summed E-state index contributed by atoms with van der Waals surface area (Å²) in [5.74, 6) is -3.97. The van der Waals surface area contributed by atoms with Gasteiger partial charge in [-0.15, -0.1) is 0 Å². The van der Waals surface area contributed by atoms with E-state index in [2.05, 4.69) is 4.99 Å². The SMILES string of the molecule is CC(=O)O.NC(N)=NCCC[C@H](N)C(=O)O.O=C(O)CCC(=O)O. The number of nitrogens with zero attached hydrogens (tertiary/aromatic N) is 1. The molecule has 0 heterocycles. The first-order valence-corrected chi connectivity index (χ1v) is 6.57. The van der Waals surface area contributed by atoms with Crippen molar-refractivity contribution in [2.24, 2.45) is 22.2 Å². The van der Waals surface area contributed by atoms with Gasteiger partial charge in [-0.1, -0.05) is 0 Å². The summed E-state index contributed by atoms with van der Waals surface area (Å²) in [5, 5.41) is 31.6. The number of hydrogen-bond donors (Lipinski definition) is 7. The number of hydrogen-bond acceptors (Lipinski definition) is 6. The summed E-state index contributed by atoms with van der Waals surface area (Å²) in [5.41, 5.74) is 15.3. The first-order chi connectivity index (χ1) is 10.9. The third-order valence-electron chi connectivity index (χ3n) is 1.84. The highest BCUT2D eigenvalue weighted by molar-refractivity contribution is 5.76. The van der Waals surface area contributed by atoms with Crippen molar-refractivity contribution in [1.82, 2.24) is 0 Å². The fourth-order valence-electron chi connectivity index (χ4n) is 0.857. The number of rotatable bonds is 8. The molecule has 0 aliphatic rings. The predicted molar refractivity (Wildman–Crippen MR) is 83.3 cm³/mol. The maximum atomic E-state index is 10.2. The Morgan fingerprint density at radius 2 is 1.33 bits per heavy atom. The highest BCUT2D eigenvalue weighted by Gasteiger charge is 2.09. The van der Waals surface area contributed by atoms with E-state index in [4.69, 9.17) is 42.4 Å². The van der Waals surface area contributed by atoms with Gasteiger partial charge in [0.2, 0.25) is 0 Å². The van der Waals surface area contributed by atoms with Crippen molar-refractivity contribution in [2.45, 2.75) is 38.6 Å². The second-order valence-electron chi connectivity index (χ2n) is 4.20. The second kappa shape index (κ2) is 16.5. The molecule has 0 bridgehead atoms. The van der Waals surface area contributed by atoms with Crippen molar-refractivity contribution >= 4 is 29.8 Å². The van der Waals surface area contributed by atoms with Crippen molar-refractivity contribution in [3.8, 4) is 0 Å². The summed E-state index contributed by atoms with van der Waals surface area (Å²) in [6, 6.07) is -0.820. The number of guanidine groups is 1. The zero-order valence-electron chi connectivity index (χ0n) is 13.2. The van der Waals surface area contributed by atoms with E-state index in [9.17, 15) is 14.4 Å². The van der Waals surface area contributed by atoms with Crippen molar-refractivity contribution in [3.05, 3.63) is 0 Å². The van der Waals surface area contributed by atoms with Gasteiger partial charge in [0, 0.05) is 13.5 Å². The molecule has 0 saturated carbocycles. The van der Waals surface area contributed by atoms with Gasteiger partial charge in [-0.2, -0.15) is 0 Å². The Bertz CT molecular complexity index is 417. The largest absolute Gasteiger partial charge is 0.481 e. The van der Waals surface area contributed by atoms with Crippen molar-refractivity contribution in [2.75, 3.05) is 6.54 Å². The molecule has 24 heavy (non-hydrogen) atoms. The maximum Gasteiger partial charge on any atom is 0.320 e. The van der Waals surface area contributed by atoms with E-state index in [0.717, 1.165) is 6.92 Å². The van der Waals surface area contributed by atoms with E-state index in [-0.39, 0.29) is 18.8 Å². The lowest BCUT2D eigenvalue weighted by molar-refractivity contribution is -0.143. The van der Waals surface area contributed by atoms with E-state index in [1.165, 1.54) is 0 Å². The fourth-order valence-corrected chi connectivity index (χ4v) is 0.857. The van der Waals surface area contributed by atoms with Crippen LogP contribution in [0.4, 0.5) is 0 Å². The van der Waals surface area contributed by atoms with E-state index in [0.29, 0.717) is 19.4 Å². The highest BCUT2D eigenvalue weighted by Crippen LogP contribution is 1.94. The van der Waals surface area contributed by atoms with Crippen LogP contribution >= 0.6 is 0 Å². The minimum atomic E-state index is -1.08. The summed E-state index contributed by atoms with van der Waals surface area (Å²) in [6.45, 7) is 1.50. The number of carbonyl (C=O) groups is 4. The average Bonchev–Trinajstić information content (AvgIpc) is 2.40. The molecular weight excluding hydrogens is 328 g/mol. The third kappa shape index (κ3) is 36.5. The Morgan fingerprint density at radius 3 is 1.58 bits per heavy atom. The van der Waals surface area contributed by atoms with Crippen LogP contribution in [-0.4, -0.2) is 62.8 Å². The van der Waals surface area contributed by atoms with Crippen LogP contribution in [0.25, 0.3) is 0 Å². The molecule has 0 aromatic rings. The molecule has 0 radical (unpaired) electrons. The molecule has 1 atom stereocenters. The van der Waals surface area contributed by atoms with Gasteiger partial charge in [0.1, 0.15) is 6.04 Å². The third-order valence-corrected chi connectivity index (χ3v) is 1.84. The van der Waals surface area contributed by atoms with Gasteiger partial charge in [-0.05, 0) is 12.8 Å². The van der Waals surface area contributed by atoms with Crippen LogP contribution in [0, 0.1) is 0 Å². The standard InChI is InChI=1S/C6H14N4O2.C4H6O4.C2H4O2/c7-4(5(11)12)2-1-3-10-6(8)9;5-3(6)1-2-4(7)8;1-2(3)4/h4H,1-3,7H2,(H,11,12)(H4,8,9,10);1-2H2,(H,5,6)(H,7,8);1H3,(H,3,4)/t4-;;/m0../s1. The van der Waals surface area contributed by atoms with Crippen LogP contribution in [0.1, 0.15) is 32.6 Å². The Labute approximate surface area is 138 Å². The van der Waals surface area contributed by atoms with Crippen LogP contribution in [0.15, 0.2) is 4.99 Å².